The molecule has 0 aliphatic heterocycles. The molecule has 4 bridgehead atoms. The molecule has 0 amide bonds. The third-order valence-corrected chi connectivity index (χ3v) is 12.0. The lowest BCUT2D eigenvalue weighted by Gasteiger charge is -2.57. The topological polar surface area (TPSA) is 123 Å². The van der Waals surface area contributed by atoms with E-state index >= 15 is 0 Å². The van der Waals surface area contributed by atoms with Crippen molar-refractivity contribution < 1.29 is 28.8 Å². The first kappa shape index (κ1) is 36.9. The molecule has 10 heteroatoms. The van der Waals surface area contributed by atoms with Gasteiger partial charge in [-0.05, 0) is 91.0 Å². The number of ether oxygens (including phenoxy) is 4. The fraction of sp³-hybridized carbons (Fsp3) is 0.250. The molecular weight excluding hydrogens is 733 g/mol. The number of nitro benzene ring substituents is 2. The van der Waals surface area contributed by atoms with E-state index in [4.69, 9.17) is 18.9 Å². The van der Waals surface area contributed by atoms with Crippen molar-refractivity contribution in [2.24, 2.45) is 17.8 Å². The van der Waals surface area contributed by atoms with Gasteiger partial charge >= 0.3 is 11.4 Å². The highest BCUT2D eigenvalue weighted by Gasteiger charge is 2.52. The molecule has 58 heavy (non-hydrogen) atoms. The van der Waals surface area contributed by atoms with E-state index in [-0.39, 0.29) is 41.5 Å². The van der Waals surface area contributed by atoms with E-state index < -0.39 is 9.85 Å². The minimum Gasteiger partial charge on any atom is -0.482 e. The number of hydrogen-bond donors (Lipinski definition) is 0. The number of nitrogens with zero attached hydrogens (tertiary/aromatic N) is 2. The Bertz CT molecular complexity index is 2430. The molecule has 10 rings (SSSR count). The van der Waals surface area contributed by atoms with Crippen molar-refractivity contribution >= 4 is 11.4 Å². The lowest BCUT2D eigenvalue weighted by molar-refractivity contribution is -0.386. The quantitative estimate of drug-likeness (QED) is 0.0791. The standard InChI is InChI=1S/C48H42N2O8/c51-49(52)42-20-18-37(25-45(42)55-30-32-10-3-1-4-11-32)57-44-17-8-7-14-39(44)40-15-9-16-41(48-27-34-22-35(28-48)24-36(23-34)29-48)47(40)58-38-19-21-43(50(53)54)46(26-38)56-31-33-12-5-2-6-13-33/h1-21,25-26,34-36H,22-24,27-31H2. The van der Waals surface area contributed by atoms with Gasteiger partial charge in [0.25, 0.3) is 0 Å². The predicted octanol–water partition coefficient (Wildman–Crippen LogP) is 12.4. The first-order valence-electron chi connectivity index (χ1n) is 19.8. The van der Waals surface area contributed by atoms with Crippen LogP contribution in [0.1, 0.15) is 55.2 Å². The van der Waals surface area contributed by atoms with E-state index in [2.05, 4.69) is 12.1 Å². The third-order valence-electron chi connectivity index (χ3n) is 12.0. The van der Waals surface area contributed by atoms with Crippen LogP contribution < -0.4 is 18.9 Å². The van der Waals surface area contributed by atoms with E-state index in [0.717, 1.165) is 47.1 Å². The van der Waals surface area contributed by atoms with Gasteiger partial charge in [-0.2, -0.15) is 0 Å². The Morgan fingerprint density at radius 1 is 0.517 bits per heavy atom. The molecule has 10 nitrogen and oxygen atoms in total. The average molecular weight is 775 g/mol. The molecule has 0 N–H and O–H groups in total. The Hall–Kier alpha value is -6.68. The summed E-state index contributed by atoms with van der Waals surface area (Å²) in [4.78, 5) is 23.2. The average Bonchev–Trinajstić information content (AvgIpc) is 3.23. The van der Waals surface area contributed by atoms with Crippen LogP contribution >= 0.6 is 0 Å². The predicted molar refractivity (Wildman–Crippen MR) is 220 cm³/mol. The van der Waals surface area contributed by atoms with Gasteiger partial charge in [0.15, 0.2) is 0 Å². The second-order valence-electron chi connectivity index (χ2n) is 15.9. The van der Waals surface area contributed by atoms with Crippen LogP contribution in [0.15, 0.2) is 140 Å². The van der Waals surface area contributed by atoms with Crippen molar-refractivity contribution in [3.8, 4) is 45.6 Å². The van der Waals surface area contributed by atoms with Crippen LogP contribution in [0.3, 0.4) is 0 Å². The molecular formula is C48H42N2O8. The molecule has 0 unspecified atom stereocenters. The summed E-state index contributed by atoms with van der Waals surface area (Å²) in [6.07, 6.45) is 7.12. The molecule has 0 radical (unpaired) electrons. The molecule has 0 heterocycles. The zero-order valence-corrected chi connectivity index (χ0v) is 31.8. The van der Waals surface area contributed by atoms with Gasteiger partial charge in [0.2, 0.25) is 11.5 Å². The van der Waals surface area contributed by atoms with Crippen LogP contribution in [0.4, 0.5) is 11.4 Å². The Labute approximate surface area is 336 Å². The third kappa shape index (κ3) is 7.57. The molecule has 4 aliphatic rings. The van der Waals surface area contributed by atoms with Crippen molar-refractivity contribution in [1.82, 2.24) is 0 Å². The van der Waals surface area contributed by atoms with Crippen LogP contribution in [-0.4, -0.2) is 9.85 Å². The summed E-state index contributed by atoms with van der Waals surface area (Å²) in [5.74, 6) is 4.24. The molecule has 0 atom stereocenters. The lowest BCUT2D eigenvalue weighted by Crippen LogP contribution is -2.48. The summed E-state index contributed by atoms with van der Waals surface area (Å²) in [6.45, 7) is 0.313. The van der Waals surface area contributed by atoms with E-state index in [1.165, 1.54) is 31.4 Å². The minimum atomic E-state index is -0.464. The zero-order chi connectivity index (χ0) is 39.6. The zero-order valence-electron chi connectivity index (χ0n) is 31.8. The number of rotatable bonds is 14. The Morgan fingerprint density at radius 3 is 1.53 bits per heavy atom. The van der Waals surface area contributed by atoms with E-state index in [1.54, 1.807) is 24.3 Å². The lowest BCUT2D eigenvalue weighted by atomic mass is 9.48. The minimum absolute atomic E-state index is 0.0628. The fourth-order valence-electron chi connectivity index (χ4n) is 9.86. The van der Waals surface area contributed by atoms with Gasteiger partial charge in [-0.15, -0.1) is 0 Å². The molecule has 6 aromatic carbocycles. The van der Waals surface area contributed by atoms with Gasteiger partial charge in [-0.1, -0.05) is 97.1 Å². The van der Waals surface area contributed by atoms with Gasteiger partial charge in [-0.3, -0.25) is 20.2 Å². The fourth-order valence-corrected chi connectivity index (χ4v) is 9.86. The van der Waals surface area contributed by atoms with Crippen molar-refractivity contribution in [2.75, 3.05) is 0 Å². The highest BCUT2D eigenvalue weighted by Crippen LogP contribution is 2.63. The first-order valence-corrected chi connectivity index (χ1v) is 19.8. The van der Waals surface area contributed by atoms with Crippen LogP contribution in [-0.2, 0) is 18.6 Å². The Balaban J connectivity index is 1.10. The van der Waals surface area contributed by atoms with Crippen molar-refractivity contribution in [3.63, 3.8) is 0 Å². The maximum absolute atomic E-state index is 12.1. The summed E-state index contributed by atoms with van der Waals surface area (Å²) in [6, 6.07) is 42.2. The molecule has 0 spiro atoms. The first-order chi connectivity index (χ1) is 28.3. The number of benzene rings is 6. The summed E-state index contributed by atoms with van der Waals surface area (Å²) >= 11 is 0. The van der Waals surface area contributed by atoms with Crippen LogP contribution in [0.5, 0.6) is 34.5 Å². The van der Waals surface area contributed by atoms with Crippen LogP contribution in [0.2, 0.25) is 0 Å². The maximum Gasteiger partial charge on any atom is 0.311 e. The largest absolute Gasteiger partial charge is 0.482 e. The number of para-hydroxylation sites is 2. The Morgan fingerprint density at radius 2 is 1.00 bits per heavy atom. The van der Waals surface area contributed by atoms with Crippen molar-refractivity contribution in [2.45, 2.75) is 57.2 Å². The second kappa shape index (κ2) is 15.7. The molecule has 292 valence electrons. The number of nitro groups is 2. The van der Waals surface area contributed by atoms with Gasteiger partial charge in [0.05, 0.1) is 9.85 Å². The van der Waals surface area contributed by atoms with Gasteiger partial charge in [0.1, 0.15) is 36.2 Å². The Kier molecular flexibility index (Phi) is 9.99. The highest BCUT2D eigenvalue weighted by atomic mass is 16.6. The molecule has 0 saturated heterocycles. The van der Waals surface area contributed by atoms with Gasteiger partial charge in [0, 0.05) is 41.0 Å². The normalized spacial score (nSPS) is 20.3. The summed E-state index contributed by atoms with van der Waals surface area (Å²) in [7, 11) is 0. The SMILES string of the molecule is O=[N+]([O-])c1ccc(Oc2ccccc2-c2cccc(C34CC5CC(CC(C5)C3)C4)c2Oc2ccc([N+](=O)[O-])c(OCc3ccccc3)c2)cc1OCc1ccccc1. The maximum atomic E-state index is 12.1. The highest BCUT2D eigenvalue weighted by molar-refractivity contribution is 5.79. The number of hydrogen-bond acceptors (Lipinski definition) is 8. The van der Waals surface area contributed by atoms with Crippen LogP contribution in [0.25, 0.3) is 11.1 Å². The molecule has 4 aliphatic carbocycles. The van der Waals surface area contributed by atoms with E-state index in [9.17, 15) is 20.2 Å². The van der Waals surface area contributed by atoms with E-state index in [0.29, 0.717) is 40.8 Å². The molecule has 4 saturated carbocycles. The molecule has 0 aromatic heterocycles. The second-order valence-corrected chi connectivity index (χ2v) is 15.9. The van der Waals surface area contributed by atoms with Crippen molar-refractivity contribution in [3.05, 3.63) is 176 Å². The smallest absolute Gasteiger partial charge is 0.311 e. The molecule has 4 fully saturated rings. The van der Waals surface area contributed by atoms with Crippen LogP contribution in [0, 0.1) is 38.0 Å². The van der Waals surface area contributed by atoms with Gasteiger partial charge in [-0.25, -0.2) is 0 Å². The van der Waals surface area contributed by atoms with Gasteiger partial charge < -0.3 is 18.9 Å². The monoisotopic (exact) mass is 774 g/mol. The van der Waals surface area contributed by atoms with Crippen molar-refractivity contribution in [1.29, 1.82) is 0 Å². The van der Waals surface area contributed by atoms with E-state index in [1.807, 2.05) is 91.0 Å². The summed E-state index contributed by atoms with van der Waals surface area (Å²) < 4.78 is 25.6. The summed E-state index contributed by atoms with van der Waals surface area (Å²) in [5.41, 5.74) is 4.09. The summed E-state index contributed by atoms with van der Waals surface area (Å²) in [5, 5.41) is 24.1. The molecule has 6 aromatic rings.